The molecule has 2 aliphatic rings. The third kappa shape index (κ3) is 2.18. The lowest BCUT2D eigenvalue weighted by molar-refractivity contribution is 0.303. The van der Waals surface area contributed by atoms with Gasteiger partial charge in [-0.3, -0.25) is 9.78 Å². The van der Waals surface area contributed by atoms with Crippen LogP contribution in [0.2, 0.25) is 0 Å². The summed E-state index contributed by atoms with van der Waals surface area (Å²) in [5, 5.41) is 4.22. The summed E-state index contributed by atoms with van der Waals surface area (Å²) in [6.45, 7) is 6.28. The summed E-state index contributed by atoms with van der Waals surface area (Å²) in [6.07, 6.45) is 5.54. The highest BCUT2D eigenvalue weighted by Gasteiger charge is 2.41. The molecule has 4 unspecified atom stereocenters. The molecule has 2 saturated carbocycles. The van der Waals surface area contributed by atoms with Crippen molar-refractivity contribution in [3.8, 4) is 0 Å². The van der Waals surface area contributed by atoms with Crippen LogP contribution < -0.4 is 10.9 Å². The van der Waals surface area contributed by atoms with Crippen LogP contribution in [0.15, 0.2) is 4.79 Å². The topological polar surface area (TPSA) is 57.8 Å². The molecule has 4 rings (SSSR count). The summed E-state index contributed by atoms with van der Waals surface area (Å²) in [6, 6.07) is 0.373. The second-order valence-corrected chi connectivity index (χ2v) is 8.35. The molecule has 0 radical (unpaired) electrons. The highest BCUT2D eigenvalue weighted by molar-refractivity contribution is 7.18. The van der Waals surface area contributed by atoms with Gasteiger partial charge in [-0.15, -0.1) is 11.3 Å². The fourth-order valence-electron chi connectivity index (χ4n) is 4.55. The zero-order valence-electron chi connectivity index (χ0n) is 13.4. The molecule has 2 aromatic heterocycles. The van der Waals surface area contributed by atoms with E-state index in [0.717, 1.165) is 33.5 Å². The predicted molar refractivity (Wildman–Crippen MR) is 91.7 cm³/mol. The zero-order chi connectivity index (χ0) is 15.4. The predicted octanol–water partition coefficient (Wildman–Crippen LogP) is 3.84. The first-order valence-corrected chi connectivity index (χ1v) is 9.11. The first-order chi connectivity index (χ1) is 10.5. The van der Waals surface area contributed by atoms with E-state index in [0.29, 0.717) is 12.0 Å². The summed E-state index contributed by atoms with van der Waals surface area (Å²) in [4.78, 5) is 21.9. The van der Waals surface area contributed by atoms with E-state index in [1.54, 1.807) is 11.3 Å². The lowest BCUT2D eigenvalue weighted by atomic mass is 9.84. The van der Waals surface area contributed by atoms with Crippen LogP contribution in [0, 0.1) is 31.6 Å². The summed E-state index contributed by atoms with van der Waals surface area (Å²) in [5.41, 5.74) is 1.04. The monoisotopic (exact) mass is 317 g/mol. The van der Waals surface area contributed by atoms with Crippen molar-refractivity contribution in [3.05, 3.63) is 20.8 Å². The van der Waals surface area contributed by atoms with Crippen LogP contribution in [0.3, 0.4) is 0 Å². The van der Waals surface area contributed by atoms with Crippen molar-refractivity contribution in [2.45, 2.75) is 52.5 Å². The Balaban J connectivity index is 1.60. The van der Waals surface area contributed by atoms with E-state index in [2.05, 4.69) is 22.2 Å². The van der Waals surface area contributed by atoms with Crippen LogP contribution in [-0.2, 0) is 0 Å². The van der Waals surface area contributed by atoms with Crippen molar-refractivity contribution in [2.24, 2.45) is 17.8 Å². The molecule has 22 heavy (non-hydrogen) atoms. The lowest BCUT2D eigenvalue weighted by Crippen LogP contribution is -2.31. The highest BCUT2D eigenvalue weighted by atomic mass is 32.1. The Morgan fingerprint density at radius 1 is 1.32 bits per heavy atom. The van der Waals surface area contributed by atoms with E-state index in [1.165, 1.54) is 30.6 Å². The minimum Gasteiger partial charge on any atom is -0.353 e. The van der Waals surface area contributed by atoms with Crippen molar-refractivity contribution >= 4 is 27.5 Å². The van der Waals surface area contributed by atoms with Gasteiger partial charge in [0.05, 0.1) is 5.39 Å². The number of thiophene rings is 1. The van der Waals surface area contributed by atoms with Crippen molar-refractivity contribution in [1.82, 2.24) is 9.97 Å². The van der Waals surface area contributed by atoms with E-state index < -0.39 is 0 Å². The van der Waals surface area contributed by atoms with Crippen LogP contribution in [0.25, 0.3) is 10.2 Å². The molecule has 118 valence electrons. The quantitative estimate of drug-likeness (QED) is 0.904. The highest BCUT2D eigenvalue weighted by Crippen LogP contribution is 2.49. The second-order valence-electron chi connectivity index (χ2n) is 7.15. The van der Waals surface area contributed by atoms with Gasteiger partial charge in [-0.1, -0.05) is 6.42 Å². The first kappa shape index (κ1) is 14.2. The smallest absolute Gasteiger partial charge is 0.261 e. The van der Waals surface area contributed by atoms with E-state index in [9.17, 15) is 4.79 Å². The van der Waals surface area contributed by atoms with Gasteiger partial charge in [0.2, 0.25) is 5.95 Å². The minimum absolute atomic E-state index is 0.0190. The van der Waals surface area contributed by atoms with E-state index in [1.807, 2.05) is 13.8 Å². The molecule has 4 atom stereocenters. The van der Waals surface area contributed by atoms with Crippen LogP contribution >= 0.6 is 11.3 Å². The fourth-order valence-corrected chi connectivity index (χ4v) is 5.58. The molecule has 0 aliphatic heterocycles. The molecule has 2 fully saturated rings. The van der Waals surface area contributed by atoms with Crippen molar-refractivity contribution in [3.63, 3.8) is 0 Å². The van der Waals surface area contributed by atoms with Crippen LogP contribution in [0.5, 0.6) is 0 Å². The average molecular weight is 317 g/mol. The normalized spacial score (nSPS) is 28.4. The summed E-state index contributed by atoms with van der Waals surface area (Å²) < 4.78 is 0. The first-order valence-electron chi connectivity index (χ1n) is 8.29. The van der Waals surface area contributed by atoms with E-state index >= 15 is 0 Å². The molecule has 2 bridgehead atoms. The van der Waals surface area contributed by atoms with Crippen LogP contribution in [-0.4, -0.2) is 16.0 Å². The molecule has 2 aromatic rings. The molecule has 0 aromatic carbocycles. The number of aromatic nitrogens is 2. The number of rotatable bonds is 3. The van der Waals surface area contributed by atoms with E-state index in [4.69, 9.17) is 0 Å². The minimum atomic E-state index is -0.0190. The third-order valence-corrected chi connectivity index (χ3v) is 6.94. The van der Waals surface area contributed by atoms with Gasteiger partial charge < -0.3 is 5.32 Å². The molecule has 0 amide bonds. The number of nitrogens with zero attached hydrogens (tertiary/aromatic N) is 1. The van der Waals surface area contributed by atoms with E-state index in [-0.39, 0.29) is 5.56 Å². The molecule has 5 heteroatoms. The third-order valence-electron chi connectivity index (χ3n) is 5.84. The van der Waals surface area contributed by atoms with Crippen LogP contribution in [0.1, 0.15) is 43.0 Å². The van der Waals surface area contributed by atoms with Gasteiger partial charge >= 0.3 is 0 Å². The van der Waals surface area contributed by atoms with Crippen LogP contribution in [0.4, 0.5) is 5.95 Å². The van der Waals surface area contributed by atoms with Gasteiger partial charge in [0.15, 0.2) is 0 Å². The lowest BCUT2D eigenvalue weighted by Gasteiger charge is -2.28. The number of hydrogen-bond donors (Lipinski definition) is 2. The molecule has 0 saturated heterocycles. The SMILES string of the molecule is Cc1sc2nc(NC(C)C3CC4CCC3C4)[nH]c(=O)c2c1C. The van der Waals surface area contributed by atoms with Gasteiger partial charge in [0, 0.05) is 10.9 Å². The average Bonchev–Trinajstić information content (AvgIpc) is 3.14. The number of H-pyrrole nitrogens is 1. The molecule has 2 N–H and O–H groups in total. The van der Waals surface area contributed by atoms with Crippen molar-refractivity contribution in [2.75, 3.05) is 5.32 Å². The maximum absolute atomic E-state index is 12.3. The van der Waals surface area contributed by atoms with Gasteiger partial charge in [-0.05, 0) is 63.4 Å². The van der Waals surface area contributed by atoms with Gasteiger partial charge in [-0.25, -0.2) is 4.98 Å². The maximum Gasteiger partial charge on any atom is 0.261 e. The van der Waals surface area contributed by atoms with Crippen molar-refractivity contribution in [1.29, 1.82) is 0 Å². The molecule has 4 nitrogen and oxygen atoms in total. The molecular formula is C17H23N3OS. The number of aryl methyl sites for hydroxylation is 2. The number of nitrogens with one attached hydrogen (secondary N) is 2. The number of aromatic amines is 1. The maximum atomic E-state index is 12.3. The Hall–Kier alpha value is -1.36. The molecule has 2 aliphatic carbocycles. The van der Waals surface area contributed by atoms with Crippen molar-refractivity contribution < 1.29 is 0 Å². The fraction of sp³-hybridized carbons (Fsp3) is 0.647. The Labute approximate surface area is 134 Å². The summed E-state index contributed by atoms with van der Waals surface area (Å²) in [5.74, 6) is 3.17. The van der Waals surface area contributed by atoms with Gasteiger partial charge in [-0.2, -0.15) is 0 Å². The second kappa shape index (κ2) is 5.08. The van der Waals surface area contributed by atoms with Gasteiger partial charge in [0.1, 0.15) is 4.83 Å². The Kier molecular flexibility index (Phi) is 3.29. The standard InChI is InChI=1S/C17H23N3OS/c1-8-10(3)22-16-14(8)15(21)19-17(20-16)18-9(2)13-7-11-4-5-12(13)6-11/h9,11-13H,4-7H2,1-3H3,(H2,18,19,20,21). The molecule has 2 heterocycles. The Morgan fingerprint density at radius 2 is 2.14 bits per heavy atom. The number of hydrogen-bond acceptors (Lipinski definition) is 4. The zero-order valence-corrected chi connectivity index (χ0v) is 14.2. The Morgan fingerprint density at radius 3 is 2.82 bits per heavy atom. The number of anilines is 1. The molecular weight excluding hydrogens is 294 g/mol. The molecule has 0 spiro atoms. The summed E-state index contributed by atoms with van der Waals surface area (Å²) in [7, 11) is 0. The number of fused-ring (bicyclic) bond motifs is 3. The summed E-state index contributed by atoms with van der Waals surface area (Å²) >= 11 is 1.61. The Bertz CT molecular complexity index is 778. The largest absolute Gasteiger partial charge is 0.353 e. The van der Waals surface area contributed by atoms with Gasteiger partial charge in [0.25, 0.3) is 5.56 Å².